The molecule has 7 nitrogen and oxygen atoms in total. The van der Waals surface area contributed by atoms with E-state index in [1.165, 1.54) is 4.90 Å². The molecular weight excluding hydrogens is 260 g/mol. The molecule has 0 aliphatic heterocycles. The number of nitrogens with one attached hydrogen (secondary N) is 2. The second-order valence-electron chi connectivity index (χ2n) is 4.37. The second kappa shape index (κ2) is 6.05. The van der Waals surface area contributed by atoms with Crippen LogP contribution in [0, 0.1) is 6.92 Å². The fourth-order valence-corrected chi connectivity index (χ4v) is 1.66. The fraction of sp³-hybridized carbons (Fsp3) is 0.308. The normalized spacial score (nSPS) is 10.3. The SMILES string of the molecule is Cc1ccccc1OCCN(C)C(=O)c1n[nH]c(=O)[nH]1. The van der Waals surface area contributed by atoms with Crippen molar-refractivity contribution in [2.24, 2.45) is 0 Å². The number of H-pyrrole nitrogens is 2. The van der Waals surface area contributed by atoms with Crippen LogP contribution in [0.2, 0.25) is 0 Å². The minimum Gasteiger partial charge on any atom is -0.491 e. The highest BCUT2D eigenvalue weighted by molar-refractivity contribution is 5.90. The van der Waals surface area contributed by atoms with E-state index in [-0.39, 0.29) is 11.7 Å². The molecule has 0 saturated heterocycles. The van der Waals surface area contributed by atoms with Gasteiger partial charge in [-0.3, -0.25) is 9.78 Å². The van der Waals surface area contributed by atoms with Crippen molar-refractivity contribution in [3.8, 4) is 5.75 Å². The molecular formula is C13H16N4O3. The Bertz CT molecular complexity index is 647. The smallest absolute Gasteiger partial charge is 0.341 e. The lowest BCUT2D eigenvalue weighted by atomic mass is 10.2. The Morgan fingerprint density at radius 3 is 2.80 bits per heavy atom. The topological polar surface area (TPSA) is 91.1 Å². The first kappa shape index (κ1) is 13.9. The molecule has 0 fully saturated rings. The summed E-state index contributed by atoms with van der Waals surface area (Å²) < 4.78 is 5.60. The average molecular weight is 276 g/mol. The van der Waals surface area contributed by atoms with Gasteiger partial charge in [0.05, 0.1) is 6.54 Å². The number of benzene rings is 1. The van der Waals surface area contributed by atoms with Gasteiger partial charge in [0, 0.05) is 7.05 Å². The molecule has 20 heavy (non-hydrogen) atoms. The lowest BCUT2D eigenvalue weighted by Crippen LogP contribution is -2.31. The number of carbonyl (C=O) groups excluding carboxylic acids is 1. The molecule has 0 atom stereocenters. The van der Waals surface area contributed by atoms with E-state index in [0.717, 1.165) is 11.3 Å². The van der Waals surface area contributed by atoms with Crippen molar-refractivity contribution < 1.29 is 9.53 Å². The van der Waals surface area contributed by atoms with E-state index in [4.69, 9.17) is 4.74 Å². The first-order valence-corrected chi connectivity index (χ1v) is 6.16. The lowest BCUT2D eigenvalue weighted by molar-refractivity contribution is 0.0762. The minimum absolute atomic E-state index is 0.00612. The van der Waals surface area contributed by atoms with Crippen LogP contribution in [-0.2, 0) is 0 Å². The highest BCUT2D eigenvalue weighted by Gasteiger charge is 2.15. The molecule has 1 amide bonds. The zero-order valence-corrected chi connectivity index (χ0v) is 11.3. The Labute approximate surface area is 115 Å². The van der Waals surface area contributed by atoms with E-state index >= 15 is 0 Å². The molecule has 0 saturated carbocycles. The van der Waals surface area contributed by atoms with Gasteiger partial charge < -0.3 is 9.64 Å². The number of hydrogen-bond acceptors (Lipinski definition) is 4. The highest BCUT2D eigenvalue weighted by atomic mass is 16.5. The third-order valence-corrected chi connectivity index (χ3v) is 2.83. The molecule has 1 aromatic carbocycles. The van der Waals surface area contributed by atoms with Crippen LogP contribution in [0.25, 0.3) is 0 Å². The maximum absolute atomic E-state index is 11.9. The molecule has 1 heterocycles. The molecule has 106 valence electrons. The molecule has 2 aromatic rings. The number of amides is 1. The van der Waals surface area contributed by atoms with Gasteiger partial charge in [-0.05, 0) is 18.6 Å². The Morgan fingerprint density at radius 2 is 2.15 bits per heavy atom. The molecule has 2 N–H and O–H groups in total. The number of carbonyl (C=O) groups is 1. The summed E-state index contributed by atoms with van der Waals surface area (Å²) in [5.41, 5.74) is 0.538. The average Bonchev–Trinajstić information content (AvgIpc) is 2.86. The highest BCUT2D eigenvalue weighted by Crippen LogP contribution is 2.15. The van der Waals surface area contributed by atoms with E-state index in [0.29, 0.717) is 13.2 Å². The van der Waals surface area contributed by atoms with Crippen molar-refractivity contribution in [1.82, 2.24) is 20.1 Å². The van der Waals surface area contributed by atoms with Gasteiger partial charge in [0.2, 0.25) is 5.82 Å². The van der Waals surface area contributed by atoms with Gasteiger partial charge in [0.25, 0.3) is 5.91 Å². The number of likely N-dealkylation sites (N-methyl/N-ethyl adjacent to an activating group) is 1. The summed E-state index contributed by atoms with van der Waals surface area (Å²) in [7, 11) is 1.62. The largest absolute Gasteiger partial charge is 0.491 e. The van der Waals surface area contributed by atoms with E-state index in [1.807, 2.05) is 31.2 Å². The molecule has 0 radical (unpaired) electrons. The third kappa shape index (κ3) is 3.25. The summed E-state index contributed by atoms with van der Waals surface area (Å²) in [6.45, 7) is 2.71. The monoisotopic (exact) mass is 276 g/mol. The predicted octanol–water partition coefficient (Wildman–Crippen LogP) is 0.557. The number of aryl methyl sites for hydroxylation is 1. The number of ether oxygens (including phenoxy) is 1. The van der Waals surface area contributed by atoms with Crippen LogP contribution in [0.5, 0.6) is 5.75 Å². The van der Waals surface area contributed by atoms with E-state index < -0.39 is 5.69 Å². The van der Waals surface area contributed by atoms with Crippen molar-refractivity contribution in [3.63, 3.8) is 0 Å². The van der Waals surface area contributed by atoms with Gasteiger partial charge in [-0.2, -0.15) is 0 Å². The molecule has 0 bridgehead atoms. The van der Waals surface area contributed by atoms with Crippen molar-refractivity contribution in [1.29, 1.82) is 0 Å². The summed E-state index contributed by atoms with van der Waals surface area (Å²) >= 11 is 0. The molecule has 1 aromatic heterocycles. The zero-order chi connectivity index (χ0) is 14.5. The Kier molecular flexibility index (Phi) is 4.19. The van der Waals surface area contributed by atoms with Crippen LogP contribution in [0.3, 0.4) is 0 Å². The van der Waals surface area contributed by atoms with Crippen molar-refractivity contribution in [2.75, 3.05) is 20.2 Å². The number of rotatable bonds is 5. The maximum atomic E-state index is 11.9. The minimum atomic E-state index is -0.502. The van der Waals surface area contributed by atoms with Crippen LogP contribution < -0.4 is 10.4 Å². The van der Waals surface area contributed by atoms with Crippen LogP contribution in [0.4, 0.5) is 0 Å². The number of para-hydroxylation sites is 1. The van der Waals surface area contributed by atoms with Crippen LogP contribution >= 0.6 is 0 Å². The molecule has 2 rings (SSSR count). The van der Waals surface area contributed by atoms with Crippen molar-refractivity contribution >= 4 is 5.91 Å². The molecule has 0 aliphatic carbocycles. The number of aromatic amines is 2. The number of nitrogens with zero attached hydrogens (tertiary/aromatic N) is 2. The van der Waals surface area contributed by atoms with E-state index in [9.17, 15) is 9.59 Å². The number of hydrogen-bond donors (Lipinski definition) is 2. The van der Waals surface area contributed by atoms with Gasteiger partial charge in [-0.1, -0.05) is 18.2 Å². The Hall–Kier alpha value is -2.57. The summed E-state index contributed by atoms with van der Waals surface area (Å²) in [6, 6.07) is 7.67. The zero-order valence-electron chi connectivity index (χ0n) is 11.3. The van der Waals surface area contributed by atoms with Gasteiger partial charge >= 0.3 is 5.69 Å². The van der Waals surface area contributed by atoms with E-state index in [2.05, 4.69) is 15.2 Å². The summed E-state index contributed by atoms with van der Waals surface area (Å²) in [5, 5.41) is 5.75. The van der Waals surface area contributed by atoms with Crippen LogP contribution in [0.15, 0.2) is 29.1 Å². The number of aromatic nitrogens is 3. The third-order valence-electron chi connectivity index (χ3n) is 2.83. The molecule has 0 spiro atoms. The standard InChI is InChI=1S/C13H16N4O3/c1-9-5-3-4-6-10(9)20-8-7-17(2)12(18)11-14-13(19)16-15-11/h3-6H,7-8H2,1-2H3,(H2,14,15,16,19). The first-order valence-electron chi connectivity index (χ1n) is 6.16. The molecule has 7 heteroatoms. The molecule has 0 unspecified atom stereocenters. The molecule has 0 aliphatic rings. The van der Waals surface area contributed by atoms with Gasteiger partial charge in [0.1, 0.15) is 12.4 Å². The lowest BCUT2D eigenvalue weighted by Gasteiger charge is -2.16. The summed E-state index contributed by atoms with van der Waals surface area (Å²) in [6.07, 6.45) is 0. The Morgan fingerprint density at radius 1 is 1.40 bits per heavy atom. The fourth-order valence-electron chi connectivity index (χ4n) is 1.66. The van der Waals surface area contributed by atoms with Crippen molar-refractivity contribution in [2.45, 2.75) is 6.92 Å². The second-order valence-corrected chi connectivity index (χ2v) is 4.37. The van der Waals surface area contributed by atoms with Crippen LogP contribution in [-0.4, -0.2) is 46.2 Å². The first-order chi connectivity index (χ1) is 9.58. The van der Waals surface area contributed by atoms with Gasteiger partial charge in [0.15, 0.2) is 0 Å². The van der Waals surface area contributed by atoms with Gasteiger partial charge in [-0.15, -0.1) is 5.10 Å². The quantitative estimate of drug-likeness (QED) is 0.834. The summed E-state index contributed by atoms with van der Waals surface area (Å²) in [5.74, 6) is 0.423. The maximum Gasteiger partial charge on any atom is 0.341 e. The van der Waals surface area contributed by atoms with Gasteiger partial charge in [-0.25, -0.2) is 9.89 Å². The van der Waals surface area contributed by atoms with Crippen molar-refractivity contribution in [3.05, 3.63) is 46.1 Å². The van der Waals surface area contributed by atoms with E-state index in [1.54, 1.807) is 7.05 Å². The van der Waals surface area contributed by atoms with Crippen LogP contribution in [0.1, 0.15) is 16.2 Å². The summed E-state index contributed by atoms with van der Waals surface area (Å²) in [4.78, 5) is 26.5. The Balaban J connectivity index is 1.86. The predicted molar refractivity (Wildman–Crippen MR) is 72.8 cm³/mol.